The molecule has 1 unspecified atom stereocenters. The fraction of sp³-hybridized carbons (Fsp3) is 0.519. The lowest BCUT2D eigenvalue weighted by Gasteiger charge is -2.48. The zero-order valence-corrected chi connectivity index (χ0v) is 21.3. The van der Waals surface area contributed by atoms with Crippen molar-refractivity contribution in [2.24, 2.45) is 7.05 Å². The summed E-state index contributed by atoms with van der Waals surface area (Å²) in [7, 11) is 1.62. The summed E-state index contributed by atoms with van der Waals surface area (Å²) < 4.78 is 3.06. The maximum Gasteiger partial charge on any atom is 0.285 e. The van der Waals surface area contributed by atoms with E-state index in [2.05, 4.69) is 59.8 Å². The van der Waals surface area contributed by atoms with Gasteiger partial charge in [0.15, 0.2) is 5.65 Å². The summed E-state index contributed by atoms with van der Waals surface area (Å²) in [4.78, 5) is 27.2. The number of imidazole rings is 1. The highest BCUT2D eigenvalue weighted by Crippen LogP contribution is 2.39. The Hall–Kier alpha value is -3.69. The van der Waals surface area contributed by atoms with Gasteiger partial charge in [0, 0.05) is 56.1 Å². The van der Waals surface area contributed by atoms with Crippen LogP contribution in [0, 0.1) is 22.7 Å². The van der Waals surface area contributed by atoms with Gasteiger partial charge in [0.1, 0.15) is 17.3 Å². The molecule has 1 saturated carbocycles. The molecule has 2 fully saturated rings. The topological polar surface area (TPSA) is 106 Å². The minimum Gasteiger partial charge on any atom is -0.362 e. The second kappa shape index (κ2) is 9.40. The molecule has 3 aromatic heterocycles. The quantitative estimate of drug-likeness (QED) is 0.528. The third-order valence-electron chi connectivity index (χ3n) is 7.82. The summed E-state index contributed by atoms with van der Waals surface area (Å²) >= 11 is 0. The van der Waals surface area contributed by atoms with Gasteiger partial charge in [-0.05, 0) is 44.7 Å². The van der Waals surface area contributed by atoms with E-state index < -0.39 is 0 Å². The van der Waals surface area contributed by atoms with Gasteiger partial charge in [0.05, 0.1) is 24.4 Å². The lowest BCUT2D eigenvalue weighted by molar-refractivity contribution is 0.106. The molecule has 9 heteroatoms. The first-order valence-corrected chi connectivity index (χ1v) is 12.7. The van der Waals surface area contributed by atoms with E-state index in [1.807, 2.05) is 6.20 Å². The molecule has 0 spiro atoms. The highest BCUT2D eigenvalue weighted by Gasteiger charge is 2.37. The first-order valence-electron chi connectivity index (χ1n) is 12.7. The summed E-state index contributed by atoms with van der Waals surface area (Å²) in [5.74, 6) is 0.641. The monoisotopic (exact) mass is 484 g/mol. The highest BCUT2D eigenvalue weighted by atomic mass is 16.1. The average molecular weight is 485 g/mol. The molecule has 3 aromatic rings. The molecule has 186 valence electrons. The van der Waals surface area contributed by atoms with Crippen LogP contribution in [0.3, 0.4) is 0 Å². The zero-order chi connectivity index (χ0) is 25.6. The fourth-order valence-electron chi connectivity index (χ4n) is 5.51. The molecular formula is C27H32N8O. The van der Waals surface area contributed by atoms with Crippen molar-refractivity contribution in [1.82, 2.24) is 24.1 Å². The van der Waals surface area contributed by atoms with E-state index in [1.54, 1.807) is 17.8 Å². The second-order valence-corrected chi connectivity index (χ2v) is 10.1. The number of hydrogen-bond donors (Lipinski definition) is 0. The summed E-state index contributed by atoms with van der Waals surface area (Å²) in [6, 6.07) is 9.15. The Morgan fingerprint density at radius 3 is 2.61 bits per heavy atom. The highest BCUT2D eigenvalue weighted by molar-refractivity contribution is 5.76. The smallest absolute Gasteiger partial charge is 0.285 e. The van der Waals surface area contributed by atoms with Crippen LogP contribution < -0.4 is 10.5 Å². The van der Waals surface area contributed by atoms with Crippen LogP contribution in [0.4, 0.5) is 5.69 Å². The maximum atomic E-state index is 13.1. The van der Waals surface area contributed by atoms with Crippen LogP contribution in [-0.2, 0) is 13.5 Å². The van der Waals surface area contributed by atoms with Crippen LogP contribution in [0.5, 0.6) is 0 Å². The first kappa shape index (κ1) is 24.0. The maximum absolute atomic E-state index is 13.1. The van der Waals surface area contributed by atoms with Crippen LogP contribution in [0.2, 0.25) is 0 Å². The van der Waals surface area contributed by atoms with Crippen molar-refractivity contribution in [1.29, 1.82) is 10.5 Å². The Morgan fingerprint density at radius 2 is 2.00 bits per heavy atom. The predicted octanol–water partition coefficient (Wildman–Crippen LogP) is 3.29. The van der Waals surface area contributed by atoms with Crippen molar-refractivity contribution >= 4 is 11.3 Å². The molecule has 0 amide bonds. The fourth-order valence-corrected chi connectivity index (χ4v) is 5.51. The number of piperazine rings is 1. The van der Waals surface area contributed by atoms with Gasteiger partial charge in [-0.25, -0.2) is 14.2 Å². The number of anilines is 1. The summed E-state index contributed by atoms with van der Waals surface area (Å²) in [6.07, 6.45) is 7.30. The van der Waals surface area contributed by atoms with Crippen LogP contribution in [0.25, 0.3) is 5.65 Å². The molecule has 1 aliphatic carbocycles. The van der Waals surface area contributed by atoms with Gasteiger partial charge in [-0.3, -0.25) is 14.7 Å². The second-order valence-electron chi connectivity index (χ2n) is 10.1. The van der Waals surface area contributed by atoms with E-state index in [4.69, 9.17) is 4.98 Å². The summed E-state index contributed by atoms with van der Waals surface area (Å²) in [5.41, 5.74) is 3.84. The SMILES string of the molecule is CC[C@@H]1CN(c2c(C#N)c(=O)n(C)n3cc(CC#N)nc23)[C@@H](C)CN1C(C)c1ccc(C2CC2)nc1. The molecule has 1 aliphatic heterocycles. The molecule has 9 nitrogen and oxygen atoms in total. The van der Waals surface area contributed by atoms with Gasteiger partial charge >= 0.3 is 0 Å². The Labute approximate surface area is 211 Å². The third kappa shape index (κ3) is 4.04. The molecule has 0 aromatic carbocycles. The molecule has 2 aliphatic rings. The van der Waals surface area contributed by atoms with Gasteiger partial charge in [0.25, 0.3) is 5.56 Å². The number of nitriles is 2. The van der Waals surface area contributed by atoms with Gasteiger partial charge < -0.3 is 4.90 Å². The minimum atomic E-state index is -0.362. The molecule has 0 radical (unpaired) electrons. The van der Waals surface area contributed by atoms with Crippen LogP contribution in [-0.4, -0.2) is 49.2 Å². The standard InChI is InChI=1S/C27H32N8O/c1-5-22-16-33(17(2)14-34(22)18(3)20-8-9-24(30-13-20)19-6-7-19)25-23(12-29)27(36)32(4)35-15-21(10-11-28)31-26(25)35/h8-9,13,15,17-19,22H,5-7,10,14,16H2,1-4H3/t17-,18?,22+/m0/s1. The van der Waals surface area contributed by atoms with Crippen LogP contribution in [0.15, 0.2) is 29.3 Å². The minimum absolute atomic E-state index is 0.0491. The zero-order valence-electron chi connectivity index (χ0n) is 21.3. The normalized spacial score (nSPS) is 21.3. The van der Waals surface area contributed by atoms with Gasteiger partial charge in [-0.1, -0.05) is 13.0 Å². The number of rotatable bonds is 6. The molecular weight excluding hydrogens is 452 g/mol. The number of aryl methyl sites for hydroxylation is 1. The number of hydrogen-bond acceptors (Lipinski definition) is 7. The third-order valence-corrected chi connectivity index (χ3v) is 7.82. The van der Waals surface area contributed by atoms with Crippen molar-refractivity contribution in [3.8, 4) is 12.1 Å². The van der Waals surface area contributed by atoms with E-state index in [1.165, 1.54) is 28.8 Å². The van der Waals surface area contributed by atoms with E-state index in [0.29, 0.717) is 29.5 Å². The largest absolute Gasteiger partial charge is 0.362 e. The number of pyridine rings is 1. The lowest BCUT2D eigenvalue weighted by Crippen LogP contribution is -2.58. The van der Waals surface area contributed by atoms with Crippen molar-refractivity contribution in [3.05, 3.63) is 57.4 Å². The Balaban J connectivity index is 1.50. The van der Waals surface area contributed by atoms with E-state index >= 15 is 0 Å². The Bertz CT molecular complexity index is 1420. The molecule has 0 bridgehead atoms. The Kier molecular flexibility index (Phi) is 6.27. The number of fused-ring (bicyclic) bond motifs is 1. The van der Waals surface area contributed by atoms with Crippen LogP contribution >= 0.6 is 0 Å². The van der Waals surface area contributed by atoms with E-state index in [0.717, 1.165) is 13.0 Å². The number of nitrogens with zero attached hydrogens (tertiary/aromatic N) is 8. The Morgan fingerprint density at radius 1 is 1.22 bits per heavy atom. The van der Waals surface area contributed by atoms with E-state index in [9.17, 15) is 15.3 Å². The van der Waals surface area contributed by atoms with Crippen molar-refractivity contribution < 1.29 is 0 Å². The van der Waals surface area contributed by atoms with Crippen LogP contribution in [0.1, 0.15) is 74.5 Å². The summed E-state index contributed by atoms with van der Waals surface area (Å²) in [5, 5.41) is 19.2. The van der Waals surface area contributed by atoms with Crippen molar-refractivity contribution in [3.63, 3.8) is 0 Å². The molecule has 4 heterocycles. The average Bonchev–Trinajstić information content (AvgIpc) is 3.66. The van der Waals surface area contributed by atoms with Gasteiger partial charge in [0.2, 0.25) is 0 Å². The van der Waals surface area contributed by atoms with Gasteiger partial charge in [-0.2, -0.15) is 10.5 Å². The van der Waals surface area contributed by atoms with Crippen molar-refractivity contribution in [2.45, 2.75) is 70.5 Å². The predicted molar refractivity (Wildman–Crippen MR) is 137 cm³/mol. The summed E-state index contributed by atoms with van der Waals surface area (Å²) in [6.45, 7) is 8.00. The van der Waals surface area contributed by atoms with E-state index in [-0.39, 0.29) is 35.7 Å². The molecule has 5 rings (SSSR count). The molecule has 1 saturated heterocycles. The molecule has 0 N–H and O–H groups in total. The van der Waals surface area contributed by atoms with Crippen molar-refractivity contribution in [2.75, 3.05) is 18.0 Å². The first-order chi connectivity index (χ1) is 17.4. The number of aromatic nitrogens is 4. The molecule has 36 heavy (non-hydrogen) atoms. The lowest BCUT2D eigenvalue weighted by atomic mass is 9.98. The van der Waals surface area contributed by atoms with Gasteiger partial charge in [-0.15, -0.1) is 0 Å². The molecule has 3 atom stereocenters.